The maximum Gasteiger partial charge on any atom is 0.318 e. The van der Waals surface area contributed by atoms with Crippen molar-refractivity contribution in [2.75, 3.05) is 13.1 Å². The lowest BCUT2D eigenvalue weighted by Gasteiger charge is -2.19. The van der Waals surface area contributed by atoms with E-state index in [1.54, 1.807) is 6.92 Å². The number of carboxylic acids is 1. The number of hydrogen-bond acceptors (Lipinski definition) is 3. The summed E-state index contributed by atoms with van der Waals surface area (Å²) in [6.45, 7) is 2.70. The van der Waals surface area contributed by atoms with Crippen molar-refractivity contribution in [2.45, 2.75) is 25.2 Å². The van der Waals surface area contributed by atoms with Gasteiger partial charge in [0.25, 0.3) is 0 Å². The van der Waals surface area contributed by atoms with E-state index >= 15 is 0 Å². The highest BCUT2D eigenvalue weighted by Crippen LogP contribution is 2.19. The number of aliphatic carboxylic acids is 1. The van der Waals surface area contributed by atoms with Crippen molar-refractivity contribution in [3.63, 3.8) is 0 Å². The second-order valence-electron chi connectivity index (χ2n) is 4.14. The molecule has 0 spiro atoms. The van der Waals surface area contributed by atoms with Crippen molar-refractivity contribution in [3.05, 3.63) is 29.6 Å². The Balaban J connectivity index is 3.18. The Bertz CT molecular complexity index is 571. The highest BCUT2D eigenvalue weighted by molar-refractivity contribution is 7.89. The molecule has 19 heavy (non-hydrogen) atoms. The normalized spacial score (nSPS) is 11.8. The summed E-state index contributed by atoms with van der Waals surface area (Å²) in [6.07, 6.45) is 0.493. The first-order valence-electron chi connectivity index (χ1n) is 5.77. The van der Waals surface area contributed by atoms with Gasteiger partial charge in [0.2, 0.25) is 10.0 Å². The van der Waals surface area contributed by atoms with Crippen molar-refractivity contribution in [1.29, 1.82) is 0 Å². The van der Waals surface area contributed by atoms with Crippen LogP contribution in [0.25, 0.3) is 0 Å². The van der Waals surface area contributed by atoms with Gasteiger partial charge in [-0.15, -0.1) is 0 Å². The van der Waals surface area contributed by atoms with Crippen LogP contribution in [0, 0.1) is 12.7 Å². The molecule has 0 saturated heterocycles. The van der Waals surface area contributed by atoms with Crippen LogP contribution in [0.5, 0.6) is 0 Å². The number of hydrogen-bond donors (Lipinski definition) is 1. The predicted molar refractivity (Wildman–Crippen MR) is 67.8 cm³/mol. The first kappa shape index (κ1) is 15.6. The molecule has 0 aliphatic carbocycles. The fraction of sp³-hybridized carbons (Fsp3) is 0.417. The molecular formula is C12H16FNO4S. The first-order valence-corrected chi connectivity index (χ1v) is 7.21. The molecule has 0 amide bonds. The van der Waals surface area contributed by atoms with Crippen molar-refractivity contribution in [2.24, 2.45) is 0 Å². The van der Waals surface area contributed by atoms with E-state index in [1.165, 1.54) is 13.0 Å². The highest BCUT2D eigenvalue weighted by atomic mass is 32.2. The lowest BCUT2D eigenvalue weighted by Crippen LogP contribution is -2.36. The van der Waals surface area contributed by atoms with Gasteiger partial charge in [-0.1, -0.05) is 6.92 Å². The molecular weight excluding hydrogens is 273 g/mol. The van der Waals surface area contributed by atoms with E-state index in [2.05, 4.69) is 0 Å². The third-order valence-electron chi connectivity index (χ3n) is 2.55. The number of carboxylic acid groups (broad SMARTS) is 1. The molecule has 0 aromatic heterocycles. The standard InChI is InChI=1S/C12H16FNO4S/c1-3-6-14(8-12(15)16)19(17,18)10-4-5-11(13)9(2)7-10/h4-5,7H,3,6,8H2,1-2H3,(H,15,16). The lowest BCUT2D eigenvalue weighted by atomic mass is 10.2. The maximum absolute atomic E-state index is 13.1. The van der Waals surface area contributed by atoms with Gasteiger partial charge in [-0.05, 0) is 37.1 Å². The van der Waals surface area contributed by atoms with Crippen LogP contribution >= 0.6 is 0 Å². The predicted octanol–water partition coefficient (Wildman–Crippen LogP) is 1.62. The Morgan fingerprint density at radius 3 is 2.53 bits per heavy atom. The molecule has 1 N–H and O–H groups in total. The SMILES string of the molecule is CCCN(CC(=O)O)S(=O)(=O)c1ccc(F)c(C)c1. The zero-order chi connectivity index (χ0) is 14.6. The quantitative estimate of drug-likeness (QED) is 0.863. The lowest BCUT2D eigenvalue weighted by molar-refractivity contribution is -0.137. The summed E-state index contributed by atoms with van der Waals surface area (Å²) in [7, 11) is -3.91. The van der Waals surface area contributed by atoms with E-state index < -0.39 is 28.4 Å². The molecule has 0 fully saturated rings. The molecule has 0 heterocycles. The Morgan fingerprint density at radius 1 is 1.42 bits per heavy atom. The van der Waals surface area contributed by atoms with Gasteiger partial charge >= 0.3 is 5.97 Å². The van der Waals surface area contributed by atoms with Gasteiger partial charge < -0.3 is 5.11 Å². The fourth-order valence-corrected chi connectivity index (χ4v) is 3.18. The maximum atomic E-state index is 13.1. The number of benzene rings is 1. The van der Waals surface area contributed by atoms with Crippen LogP contribution < -0.4 is 0 Å². The fourth-order valence-electron chi connectivity index (χ4n) is 1.61. The molecule has 106 valence electrons. The van der Waals surface area contributed by atoms with Crippen LogP contribution in [0.2, 0.25) is 0 Å². The summed E-state index contributed by atoms with van der Waals surface area (Å²) in [5.74, 6) is -1.73. The summed E-state index contributed by atoms with van der Waals surface area (Å²) in [5, 5.41) is 8.75. The van der Waals surface area contributed by atoms with Crippen molar-refractivity contribution < 1.29 is 22.7 Å². The number of rotatable bonds is 6. The minimum absolute atomic E-state index is 0.0962. The summed E-state index contributed by atoms with van der Waals surface area (Å²) < 4.78 is 38.5. The molecule has 7 heteroatoms. The van der Waals surface area contributed by atoms with Crippen molar-refractivity contribution in [1.82, 2.24) is 4.31 Å². The average molecular weight is 289 g/mol. The van der Waals surface area contributed by atoms with Gasteiger partial charge in [-0.3, -0.25) is 4.79 Å². The topological polar surface area (TPSA) is 74.7 Å². The smallest absolute Gasteiger partial charge is 0.318 e. The van der Waals surface area contributed by atoms with Gasteiger partial charge in [0, 0.05) is 6.54 Å². The molecule has 1 aromatic carbocycles. The third kappa shape index (κ3) is 3.74. The van der Waals surface area contributed by atoms with E-state index in [0.29, 0.717) is 6.42 Å². The second-order valence-corrected chi connectivity index (χ2v) is 6.08. The molecule has 1 rings (SSSR count). The van der Waals surface area contributed by atoms with Crippen LogP contribution in [-0.2, 0) is 14.8 Å². The average Bonchev–Trinajstić information content (AvgIpc) is 2.31. The summed E-state index contributed by atoms with van der Waals surface area (Å²) in [5.41, 5.74) is 0.202. The van der Waals surface area contributed by atoms with Crippen LogP contribution in [0.15, 0.2) is 23.1 Å². The minimum Gasteiger partial charge on any atom is -0.480 e. The Labute approximate surface area is 111 Å². The number of carbonyl (C=O) groups is 1. The number of sulfonamides is 1. The Morgan fingerprint density at radius 2 is 2.05 bits per heavy atom. The largest absolute Gasteiger partial charge is 0.480 e. The van der Waals surface area contributed by atoms with Crippen LogP contribution in [0.3, 0.4) is 0 Å². The summed E-state index contributed by atoms with van der Waals surface area (Å²) in [4.78, 5) is 10.6. The van der Waals surface area contributed by atoms with Crippen molar-refractivity contribution in [3.8, 4) is 0 Å². The Kier molecular flexibility index (Phi) is 5.02. The van der Waals surface area contributed by atoms with Crippen molar-refractivity contribution >= 4 is 16.0 Å². The van der Waals surface area contributed by atoms with Crippen LogP contribution in [-0.4, -0.2) is 36.9 Å². The second kappa shape index (κ2) is 6.12. The first-order chi connectivity index (χ1) is 8.78. The van der Waals surface area contributed by atoms with E-state index in [9.17, 15) is 17.6 Å². The molecule has 0 saturated carbocycles. The number of nitrogens with zero attached hydrogens (tertiary/aromatic N) is 1. The molecule has 0 radical (unpaired) electrons. The van der Waals surface area contributed by atoms with Gasteiger partial charge in [0.1, 0.15) is 12.4 Å². The number of halogens is 1. The zero-order valence-corrected chi connectivity index (χ0v) is 11.6. The van der Waals surface area contributed by atoms with Gasteiger partial charge in [-0.25, -0.2) is 12.8 Å². The molecule has 5 nitrogen and oxygen atoms in total. The van der Waals surface area contributed by atoms with E-state index in [4.69, 9.17) is 5.11 Å². The van der Waals surface area contributed by atoms with E-state index in [1.807, 2.05) is 0 Å². The molecule has 0 aliphatic heterocycles. The summed E-state index contributed by atoms with van der Waals surface area (Å²) >= 11 is 0. The zero-order valence-electron chi connectivity index (χ0n) is 10.8. The molecule has 0 bridgehead atoms. The van der Waals surface area contributed by atoms with Gasteiger partial charge in [-0.2, -0.15) is 4.31 Å². The van der Waals surface area contributed by atoms with Gasteiger partial charge in [0.05, 0.1) is 4.90 Å². The van der Waals surface area contributed by atoms with Crippen LogP contribution in [0.1, 0.15) is 18.9 Å². The molecule has 0 atom stereocenters. The van der Waals surface area contributed by atoms with E-state index in [0.717, 1.165) is 16.4 Å². The van der Waals surface area contributed by atoms with E-state index in [-0.39, 0.29) is 17.0 Å². The summed E-state index contributed by atoms with van der Waals surface area (Å²) in [6, 6.07) is 3.41. The monoisotopic (exact) mass is 289 g/mol. The minimum atomic E-state index is -3.91. The molecule has 0 unspecified atom stereocenters. The Hall–Kier alpha value is -1.47. The molecule has 1 aromatic rings. The van der Waals surface area contributed by atoms with Crippen LogP contribution in [0.4, 0.5) is 4.39 Å². The molecule has 0 aliphatic rings. The number of aryl methyl sites for hydroxylation is 1. The van der Waals surface area contributed by atoms with Gasteiger partial charge in [0.15, 0.2) is 0 Å². The third-order valence-corrected chi connectivity index (χ3v) is 4.39. The highest BCUT2D eigenvalue weighted by Gasteiger charge is 2.26.